The van der Waals surface area contributed by atoms with Crippen molar-refractivity contribution >= 4 is 23.5 Å². The number of hydrogen-bond donors (Lipinski definition) is 0. The fraction of sp³-hybridized carbons (Fsp3) is 0.417. The van der Waals surface area contributed by atoms with Crippen LogP contribution in [0, 0.1) is 11.3 Å². The van der Waals surface area contributed by atoms with E-state index in [1.165, 1.54) is 5.56 Å². The van der Waals surface area contributed by atoms with E-state index < -0.39 is 0 Å². The molecular weight excluding hydrogens is 222 g/mol. The van der Waals surface area contributed by atoms with Gasteiger partial charge in [-0.05, 0) is 29.2 Å². The Balaban J connectivity index is 2.77. The van der Waals surface area contributed by atoms with Crippen LogP contribution in [0.1, 0.15) is 29.6 Å². The molecule has 1 nitrogen and oxygen atoms in total. The normalized spacial score (nSPS) is 10.3. The monoisotopic (exact) mass is 237 g/mol. The van der Waals surface area contributed by atoms with Crippen LogP contribution in [0.4, 0.5) is 0 Å². The molecule has 0 radical (unpaired) electrons. The zero-order valence-electron chi connectivity index (χ0n) is 9.06. The molecule has 0 aliphatic carbocycles. The molecule has 1 aromatic carbocycles. The van der Waals surface area contributed by atoms with Crippen molar-refractivity contribution in [3.05, 3.63) is 35.4 Å². The molecule has 0 aromatic heterocycles. The Labute approximate surface area is 100 Å². The van der Waals surface area contributed by atoms with Crippen LogP contribution in [-0.2, 0) is 0 Å². The molecule has 0 saturated heterocycles. The van der Waals surface area contributed by atoms with E-state index in [-0.39, 0.29) is 0 Å². The first-order valence-electron chi connectivity index (χ1n) is 5.05. The predicted molar refractivity (Wildman–Crippen MR) is 70.2 cm³/mol. The van der Waals surface area contributed by atoms with Crippen LogP contribution in [0.3, 0.4) is 0 Å². The summed E-state index contributed by atoms with van der Waals surface area (Å²) in [6.07, 6.45) is 0. The maximum atomic E-state index is 8.71. The molecule has 3 heteroatoms. The van der Waals surface area contributed by atoms with Crippen molar-refractivity contribution in [3.63, 3.8) is 0 Å². The van der Waals surface area contributed by atoms with Crippen molar-refractivity contribution in [2.45, 2.75) is 18.4 Å². The lowest BCUT2D eigenvalue weighted by Crippen LogP contribution is -1.91. The SMILES string of the molecule is CCSC(SCC)c1ccc(C#N)cc1. The van der Waals surface area contributed by atoms with E-state index >= 15 is 0 Å². The van der Waals surface area contributed by atoms with Gasteiger partial charge in [-0.25, -0.2) is 0 Å². The maximum absolute atomic E-state index is 8.71. The minimum atomic E-state index is 0.507. The van der Waals surface area contributed by atoms with Crippen LogP contribution in [0.25, 0.3) is 0 Å². The highest BCUT2D eigenvalue weighted by atomic mass is 32.2. The molecule has 0 aliphatic heterocycles. The van der Waals surface area contributed by atoms with E-state index in [2.05, 4.69) is 32.0 Å². The minimum absolute atomic E-state index is 0.507. The first-order chi connectivity index (χ1) is 7.31. The quantitative estimate of drug-likeness (QED) is 0.721. The molecule has 1 aromatic rings. The molecule has 0 spiro atoms. The minimum Gasteiger partial charge on any atom is -0.192 e. The summed E-state index contributed by atoms with van der Waals surface area (Å²) < 4.78 is 0.507. The average Bonchev–Trinajstić information content (AvgIpc) is 2.29. The summed E-state index contributed by atoms with van der Waals surface area (Å²) in [5, 5.41) is 8.71. The van der Waals surface area contributed by atoms with Crippen molar-refractivity contribution in [3.8, 4) is 6.07 Å². The molecule has 1 rings (SSSR count). The van der Waals surface area contributed by atoms with E-state index in [0.717, 1.165) is 17.1 Å². The smallest absolute Gasteiger partial charge is 0.0991 e. The number of benzene rings is 1. The van der Waals surface area contributed by atoms with Gasteiger partial charge in [0.15, 0.2) is 0 Å². The van der Waals surface area contributed by atoms with Gasteiger partial charge in [-0.1, -0.05) is 26.0 Å². The van der Waals surface area contributed by atoms with Crippen LogP contribution < -0.4 is 0 Å². The zero-order valence-corrected chi connectivity index (χ0v) is 10.7. The van der Waals surface area contributed by atoms with Gasteiger partial charge in [-0.15, -0.1) is 23.5 Å². The molecule has 0 atom stereocenters. The highest BCUT2D eigenvalue weighted by molar-refractivity contribution is 8.16. The molecular formula is C12H15NS2. The first-order valence-corrected chi connectivity index (χ1v) is 7.14. The van der Waals surface area contributed by atoms with Crippen LogP contribution >= 0.6 is 23.5 Å². The molecule has 0 aliphatic rings. The lowest BCUT2D eigenvalue weighted by molar-refractivity contribution is 1.34. The number of hydrogen-bond acceptors (Lipinski definition) is 3. The second-order valence-electron chi connectivity index (χ2n) is 2.98. The van der Waals surface area contributed by atoms with Crippen LogP contribution in [0.2, 0.25) is 0 Å². The topological polar surface area (TPSA) is 23.8 Å². The lowest BCUT2D eigenvalue weighted by Gasteiger charge is -2.14. The van der Waals surface area contributed by atoms with Crippen LogP contribution in [0.15, 0.2) is 24.3 Å². The summed E-state index contributed by atoms with van der Waals surface area (Å²) >= 11 is 3.90. The molecule has 0 amide bonds. The van der Waals surface area contributed by atoms with Gasteiger partial charge < -0.3 is 0 Å². The van der Waals surface area contributed by atoms with Crippen molar-refractivity contribution < 1.29 is 0 Å². The summed E-state index contributed by atoms with van der Waals surface area (Å²) in [4.78, 5) is 0. The third kappa shape index (κ3) is 3.81. The summed E-state index contributed by atoms with van der Waals surface area (Å²) in [6.45, 7) is 4.36. The Bertz CT molecular complexity index is 320. The zero-order chi connectivity index (χ0) is 11.1. The Morgan fingerprint density at radius 3 is 2.07 bits per heavy atom. The van der Waals surface area contributed by atoms with E-state index in [0.29, 0.717) is 4.58 Å². The number of nitrogens with zero attached hydrogens (tertiary/aromatic N) is 1. The molecule has 80 valence electrons. The van der Waals surface area contributed by atoms with Crippen LogP contribution in [0.5, 0.6) is 0 Å². The molecule has 0 heterocycles. The fourth-order valence-electron chi connectivity index (χ4n) is 1.26. The lowest BCUT2D eigenvalue weighted by atomic mass is 10.2. The third-order valence-corrected chi connectivity index (χ3v) is 4.58. The van der Waals surface area contributed by atoms with E-state index in [4.69, 9.17) is 5.26 Å². The second kappa shape index (κ2) is 6.81. The van der Waals surface area contributed by atoms with Gasteiger partial charge in [0.2, 0.25) is 0 Å². The van der Waals surface area contributed by atoms with Gasteiger partial charge in [-0.2, -0.15) is 5.26 Å². The van der Waals surface area contributed by atoms with E-state index in [1.54, 1.807) is 0 Å². The Morgan fingerprint density at radius 1 is 1.13 bits per heavy atom. The predicted octanol–water partition coefficient (Wildman–Crippen LogP) is 4.06. The molecule has 0 N–H and O–H groups in total. The van der Waals surface area contributed by atoms with Crippen molar-refractivity contribution in [2.75, 3.05) is 11.5 Å². The summed E-state index contributed by atoms with van der Waals surface area (Å²) in [6, 6.07) is 10.1. The number of thioether (sulfide) groups is 2. The van der Waals surface area contributed by atoms with Gasteiger partial charge in [0.25, 0.3) is 0 Å². The maximum Gasteiger partial charge on any atom is 0.0991 e. The van der Waals surface area contributed by atoms with Gasteiger partial charge in [-0.3, -0.25) is 0 Å². The fourth-order valence-corrected chi connectivity index (χ4v) is 3.76. The first kappa shape index (κ1) is 12.5. The number of rotatable bonds is 5. The molecule has 15 heavy (non-hydrogen) atoms. The Morgan fingerprint density at radius 2 is 1.67 bits per heavy atom. The van der Waals surface area contributed by atoms with Gasteiger partial charge in [0.05, 0.1) is 16.2 Å². The van der Waals surface area contributed by atoms with Crippen molar-refractivity contribution in [1.29, 1.82) is 5.26 Å². The summed E-state index contributed by atoms with van der Waals surface area (Å²) in [5.74, 6) is 2.25. The summed E-state index contributed by atoms with van der Waals surface area (Å²) in [7, 11) is 0. The van der Waals surface area contributed by atoms with Crippen LogP contribution in [-0.4, -0.2) is 11.5 Å². The van der Waals surface area contributed by atoms with Crippen molar-refractivity contribution in [2.24, 2.45) is 0 Å². The largest absolute Gasteiger partial charge is 0.192 e. The molecule has 0 unspecified atom stereocenters. The second-order valence-corrected chi connectivity index (χ2v) is 6.04. The highest BCUT2D eigenvalue weighted by Crippen LogP contribution is 2.38. The Hall–Kier alpha value is -0.590. The third-order valence-electron chi connectivity index (χ3n) is 1.95. The molecule has 0 bridgehead atoms. The molecule has 0 fully saturated rings. The summed E-state index contributed by atoms with van der Waals surface area (Å²) in [5.41, 5.74) is 2.05. The highest BCUT2D eigenvalue weighted by Gasteiger charge is 2.10. The van der Waals surface area contributed by atoms with E-state index in [1.807, 2.05) is 35.7 Å². The van der Waals surface area contributed by atoms with E-state index in [9.17, 15) is 0 Å². The van der Waals surface area contributed by atoms with Gasteiger partial charge >= 0.3 is 0 Å². The standard InChI is InChI=1S/C12H15NS2/c1-3-14-12(15-4-2)11-7-5-10(9-13)6-8-11/h5-8,12H,3-4H2,1-2H3. The Kier molecular flexibility index (Phi) is 5.67. The average molecular weight is 237 g/mol. The van der Waals surface area contributed by atoms with Gasteiger partial charge in [0, 0.05) is 0 Å². The number of nitriles is 1. The molecule has 0 saturated carbocycles. The van der Waals surface area contributed by atoms with Crippen molar-refractivity contribution in [1.82, 2.24) is 0 Å². The van der Waals surface area contributed by atoms with Gasteiger partial charge in [0.1, 0.15) is 0 Å².